The van der Waals surface area contributed by atoms with Gasteiger partial charge in [0.15, 0.2) is 0 Å². The Bertz CT molecular complexity index is 1220. The number of benzene rings is 2. The van der Waals surface area contributed by atoms with E-state index in [1.165, 1.54) is 23.4 Å². The number of fused-ring (bicyclic) bond motifs is 1. The second kappa shape index (κ2) is 7.45. The van der Waals surface area contributed by atoms with Gasteiger partial charge in [-0.1, -0.05) is 17.7 Å². The second-order valence-corrected chi connectivity index (χ2v) is 7.82. The van der Waals surface area contributed by atoms with Crippen LogP contribution in [0.25, 0.3) is 10.9 Å². The largest absolute Gasteiger partial charge is 0.381 e. The summed E-state index contributed by atoms with van der Waals surface area (Å²) in [5.74, 6) is -1.57. The molecule has 0 saturated carbocycles. The minimum Gasteiger partial charge on any atom is -0.381 e. The average Bonchev–Trinajstić information content (AvgIpc) is 3.32. The van der Waals surface area contributed by atoms with Crippen LogP contribution >= 0.6 is 11.6 Å². The third-order valence-corrected chi connectivity index (χ3v) is 6.04. The lowest BCUT2D eigenvalue weighted by Gasteiger charge is -2.35. The van der Waals surface area contributed by atoms with Crippen LogP contribution in [0.2, 0.25) is 5.02 Å². The van der Waals surface area contributed by atoms with Gasteiger partial charge in [-0.3, -0.25) is 4.68 Å². The molecule has 0 unspecified atom stereocenters. The normalized spacial score (nSPS) is 14.8. The lowest BCUT2D eigenvalue weighted by atomic mass is 9.86. The van der Waals surface area contributed by atoms with E-state index in [1.54, 1.807) is 17.7 Å². The van der Waals surface area contributed by atoms with Crippen molar-refractivity contribution in [2.24, 2.45) is 0 Å². The number of aryl methyl sites for hydroxylation is 2. The number of rotatable bonds is 5. The number of nitrogens with zero attached hydrogens (tertiary/aromatic N) is 5. The van der Waals surface area contributed by atoms with Gasteiger partial charge in [0.25, 0.3) is 0 Å². The zero-order chi connectivity index (χ0) is 21.6. The Morgan fingerprint density at radius 3 is 2.63 bits per heavy atom. The van der Waals surface area contributed by atoms with Gasteiger partial charge in [-0.25, -0.2) is 18.4 Å². The van der Waals surface area contributed by atoms with Crippen molar-refractivity contribution in [2.45, 2.75) is 39.0 Å². The van der Waals surface area contributed by atoms with Crippen molar-refractivity contribution in [1.82, 2.24) is 24.5 Å². The summed E-state index contributed by atoms with van der Waals surface area (Å²) < 4.78 is 31.4. The molecule has 2 aromatic carbocycles. The van der Waals surface area contributed by atoms with E-state index in [-0.39, 0.29) is 12.1 Å². The van der Waals surface area contributed by atoms with Crippen molar-refractivity contribution >= 4 is 22.5 Å². The van der Waals surface area contributed by atoms with Crippen molar-refractivity contribution in [3.8, 4) is 0 Å². The van der Waals surface area contributed by atoms with Gasteiger partial charge >= 0.3 is 0 Å². The maximum atomic E-state index is 14.8. The predicted octanol–water partition coefficient (Wildman–Crippen LogP) is 4.33. The quantitative estimate of drug-likeness (QED) is 0.510. The van der Waals surface area contributed by atoms with Crippen molar-refractivity contribution in [2.75, 3.05) is 0 Å². The zero-order valence-electron chi connectivity index (χ0n) is 16.6. The minimum absolute atomic E-state index is 0.0550. The highest BCUT2D eigenvalue weighted by atomic mass is 35.5. The van der Waals surface area contributed by atoms with Crippen LogP contribution < -0.4 is 0 Å². The van der Waals surface area contributed by atoms with E-state index < -0.39 is 23.3 Å². The lowest BCUT2D eigenvalue weighted by Crippen LogP contribution is -2.41. The van der Waals surface area contributed by atoms with Crippen molar-refractivity contribution in [3.63, 3.8) is 0 Å². The van der Waals surface area contributed by atoms with Crippen LogP contribution in [0.5, 0.6) is 0 Å². The molecule has 2 atom stereocenters. The molecule has 30 heavy (non-hydrogen) atoms. The van der Waals surface area contributed by atoms with Crippen molar-refractivity contribution in [3.05, 3.63) is 76.5 Å². The van der Waals surface area contributed by atoms with E-state index in [2.05, 4.69) is 15.2 Å². The summed E-state index contributed by atoms with van der Waals surface area (Å²) in [4.78, 5) is 3.89. The fourth-order valence-electron chi connectivity index (χ4n) is 3.83. The van der Waals surface area contributed by atoms with Crippen molar-refractivity contribution in [1.29, 1.82) is 0 Å². The smallest absolute Gasteiger partial charge is 0.137 e. The van der Waals surface area contributed by atoms with E-state index in [9.17, 15) is 13.9 Å². The van der Waals surface area contributed by atoms with Gasteiger partial charge in [-0.15, -0.1) is 0 Å². The Balaban J connectivity index is 1.90. The summed E-state index contributed by atoms with van der Waals surface area (Å²) >= 11 is 6.24. The van der Waals surface area contributed by atoms with Gasteiger partial charge in [-0.2, -0.15) is 10.2 Å². The summed E-state index contributed by atoms with van der Waals surface area (Å²) in [5, 5.41) is 22.0. The summed E-state index contributed by atoms with van der Waals surface area (Å²) in [6.45, 7) is 5.37. The standard InChI is InChI=1S/C21H20ClF2N5O/c1-12-18(22)7-5-16-13(2)29(27-20(12)16)14(3)21(30,9-28-11-25-10-26-28)17-6-4-15(23)8-19(17)24/h4-8,10-11,14,30H,9H2,1-3H3/t14-,21-/m1/s1. The number of aliphatic hydroxyl groups is 1. The third kappa shape index (κ3) is 3.26. The molecule has 2 heterocycles. The van der Waals surface area contributed by atoms with Gasteiger partial charge in [0.05, 0.1) is 18.1 Å². The van der Waals surface area contributed by atoms with Crippen LogP contribution in [-0.2, 0) is 12.1 Å². The monoisotopic (exact) mass is 431 g/mol. The van der Waals surface area contributed by atoms with Crippen LogP contribution in [0.1, 0.15) is 29.8 Å². The molecule has 4 rings (SSSR count). The molecule has 0 saturated heterocycles. The van der Waals surface area contributed by atoms with Crippen LogP contribution in [0.15, 0.2) is 43.0 Å². The topological polar surface area (TPSA) is 68.8 Å². The van der Waals surface area contributed by atoms with Crippen LogP contribution in [0.4, 0.5) is 8.78 Å². The van der Waals surface area contributed by atoms with E-state index in [1.807, 2.05) is 19.9 Å². The lowest BCUT2D eigenvalue weighted by molar-refractivity contribution is -0.0372. The van der Waals surface area contributed by atoms with Gasteiger partial charge < -0.3 is 5.11 Å². The second-order valence-electron chi connectivity index (χ2n) is 7.42. The molecule has 0 spiro atoms. The third-order valence-electron chi connectivity index (χ3n) is 5.63. The summed E-state index contributed by atoms with van der Waals surface area (Å²) in [6.07, 6.45) is 2.75. The highest BCUT2D eigenvalue weighted by molar-refractivity contribution is 6.32. The molecule has 9 heteroatoms. The number of hydrogen-bond acceptors (Lipinski definition) is 4. The summed E-state index contributed by atoms with van der Waals surface area (Å²) in [7, 11) is 0. The fraction of sp³-hybridized carbons (Fsp3) is 0.286. The Morgan fingerprint density at radius 2 is 1.97 bits per heavy atom. The highest BCUT2D eigenvalue weighted by Gasteiger charge is 2.41. The number of hydrogen-bond donors (Lipinski definition) is 1. The maximum Gasteiger partial charge on any atom is 0.137 e. The van der Waals surface area contributed by atoms with E-state index in [0.29, 0.717) is 10.5 Å². The first kappa shape index (κ1) is 20.4. The first-order valence-electron chi connectivity index (χ1n) is 9.36. The fourth-order valence-corrected chi connectivity index (χ4v) is 3.98. The number of aromatic nitrogens is 5. The van der Waals surface area contributed by atoms with Crippen molar-refractivity contribution < 1.29 is 13.9 Å². The molecule has 0 fully saturated rings. The molecule has 0 aliphatic rings. The molecular formula is C21H20ClF2N5O. The molecule has 0 aliphatic heterocycles. The van der Waals surface area contributed by atoms with Gasteiger partial charge in [-0.05, 0) is 44.5 Å². The molecule has 0 amide bonds. The molecule has 4 aromatic rings. The molecule has 0 aliphatic carbocycles. The zero-order valence-corrected chi connectivity index (χ0v) is 17.4. The van der Waals surface area contributed by atoms with Gasteiger partial charge in [0, 0.05) is 27.7 Å². The Labute approximate surface area is 176 Å². The maximum absolute atomic E-state index is 14.8. The summed E-state index contributed by atoms with van der Waals surface area (Å²) in [6, 6.07) is 6.05. The first-order valence-corrected chi connectivity index (χ1v) is 9.74. The molecule has 2 aromatic heterocycles. The Kier molecular flexibility index (Phi) is 5.07. The molecular weight excluding hydrogens is 412 g/mol. The van der Waals surface area contributed by atoms with E-state index in [0.717, 1.165) is 28.8 Å². The van der Waals surface area contributed by atoms with Crippen LogP contribution in [-0.4, -0.2) is 29.7 Å². The molecule has 156 valence electrons. The van der Waals surface area contributed by atoms with E-state index >= 15 is 0 Å². The highest BCUT2D eigenvalue weighted by Crippen LogP contribution is 2.38. The molecule has 0 radical (unpaired) electrons. The average molecular weight is 432 g/mol. The first-order chi connectivity index (χ1) is 14.2. The summed E-state index contributed by atoms with van der Waals surface area (Å²) in [5.41, 5.74) is 0.457. The van der Waals surface area contributed by atoms with Gasteiger partial charge in [0.2, 0.25) is 0 Å². The molecule has 0 bridgehead atoms. The SMILES string of the molecule is Cc1c(Cl)ccc2c(C)n([C@H](C)[C@](O)(Cn3cncn3)c3ccc(F)cc3F)nc12. The Morgan fingerprint density at radius 1 is 1.20 bits per heavy atom. The predicted molar refractivity (Wildman–Crippen MR) is 109 cm³/mol. The van der Waals surface area contributed by atoms with E-state index in [4.69, 9.17) is 11.6 Å². The van der Waals surface area contributed by atoms with Crippen LogP contribution in [0.3, 0.4) is 0 Å². The molecule has 6 nitrogen and oxygen atoms in total. The Hall–Kier alpha value is -2.84. The van der Waals surface area contributed by atoms with Gasteiger partial charge in [0.1, 0.15) is 29.9 Å². The minimum atomic E-state index is -1.80. The van der Waals surface area contributed by atoms with Crippen LogP contribution in [0, 0.1) is 25.5 Å². The number of halogens is 3. The molecule has 1 N–H and O–H groups in total.